The Morgan fingerprint density at radius 3 is 1.36 bits per heavy atom. The Kier molecular flexibility index (Phi) is 12.3. The minimum atomic E-state index is 0.167. The molecule has 0 atom stereocenters. The number of aromatic hydroxyl groups is 2. The minimum absolute atomic E-state index is 0.167. The molecule has 0 bridgehead atoms. The molecule has 0 unspecified atom stereocenters. The van der Waals surface area contributed by atoms with E-state index in [2.05, 4.69) is 106 Å². The molecule has 2 N–H and O–H groups in total. The lowest BCUT2D eigenvalue weighted by atomic mass is 9.91. The molecule has 0 aliphatic rings. The van der Waals surface area contributed by atoms with E-state index in [1.54, 1.807) is 12.1 Å². The van der Waals surface area contributed by atoms with Crippen molar-refractivity contribution in [2.24, 2.45) is 0 Å². The maximum absolute atomic E-state index is 11.2. The molecule has 2 heterocycles. The zero-order valence-corrected chi connectivity index (χ0v) is 30.2. The SMILES string of the molecule is CCCCCCCCn1cc[n+](Cc2ccc3c(-c4c(O)ccc5cc(C[n+]6ccn(CCCCCCCC)c6)ccc45)c(O)ccc3c2)c1. The normalized spacial score (nSPS) is 11.6. The molecule has 0 amide bonds. The number of aryl methyl sites for hydroxylation is 2. The zero-order chi connectivity index (χ0) is 34.7. The van der Waals surface area contributed by atoms with Gasteiger partial charge in [-0.25, -0.2) is 18.3 Å². The van der Waals surface area contributed by atoms with Gasteiger partial charge in [0.2, 0.25) is 12.7 Å². The molecule has 0 spiro atoms. The van der Waals surface area contributed by atoms with Gasteiger partial charge >= 0.3 is 0 Å². The topological polar surface area (TPSA) is 58.1 Å². The first-order valence-corrected chi connectivity index (χ1v) is 19.1. The summed E-state index contributed by atoms with van der Waals surface area (Å²) < 4.78 is 9.04. The predicted molar refractivity (Wildman–Crippen MR) is 204 cm³/mol. The van der Waals surface area contributed by atoms with Crippen LogP contribution < -0.4 is 9.13 Å². The van der Waals surface area contributed by atoms with Crippen molar-refractivity contribution in [1.29, 1.82) is 0 Å². The van der Waals surface area contributed by atoms with Crippen LogP contribution in [-0.2, 0) is 26.2 Å². The zero-order valence-electron chi connectivity index (χ0n) is 30.2. The van der Waals surface area contributed by atoms with Gasteiger partial charge in [-0.15, -0.1) is 0 Å². The maximum atomic E-state index is 11.2. The Labute approximate surface area is 298 Å². The number of rotatable bonds is 19. The number of phenols is 2. The molecule has 0 fully saturated rings. The van der Waals surface area contributed by atoms with Gasteiger partial charge in [-0.05, 0) is 82.6 Å². The molecule has 6 nitrogen and oxygen atoms in total. The van der Waals surface area contributed by atoms with Crippen LogP contribution in [0.15, 0.2) is 98.1 Å². The number of nitrogens with zero attached hydrogens (tertiary/aromatic N) is 4. The Hall–Kier alpha value is -4.58. The number of imidazole rings is 2. The lowest BCUT2D eigenvalue weighted by Crippen LogP contribution is -2.31. The highest BCUT2D eigenvalue weighted by atomic mass is 16.3. The molecule has 4 aromatic carbocycles. The summed E-state index contributed by atoms with van der Waals surface area (Å²) in [6, 6.07) is 20.3. The quantitative estimate of drug-likeness (QED) is 0.0665. The second-order valence-electron chi connectivity index (χ2n) is 14.2. The van der Waals surface area contributed by atoms with E-state index in [4.69, 9.17) is 0 Å². The third kappa shape index (κ3) is 8.95. The molecule has 0 saturated carbocycles. The highest BCUT2D eigenvalue weighted by Crippen LogP contribution is 2.44. The molecule has 0 radical (unpaired) electrons. The second-order valence-corrected chi connectivity index (χ2v) is 14.2. The Morgan fingerprint density at radius 1 is 0.500 bits per heavy atom. The summed E-state index contributed by atoms with van der Waals surface area (Å²) in [5.41, 5.74) is 3.73. The molecule has 6 heteroatoms. The molecule has 262 valence electrons. The van der Waals surface area contributed by atoms with Crippen LogP contribution in [0.25, 0.3) is 32.7 Å². The first kappa shape index (κ1) is 35.3. The van der Waals surface area contributed by atoms with Crippen LogP contribution in [0.4, 0.5) is 0 Å². The fraction of sp³-hybridized carbons (Fsp3) is 0.409. The van der Waals surface area contributed by atoms with Crippen molar-refractivity contribution in [3.63, 3.8) is 0 Å². The number of unbranched alkanes of at least 4 members (excludes halogenated alkanes) is 10. The summed E-state index contributed by atoms with van der Waals surface area (Å²) in [5.74, 6) is 0.334. The molecular formula is C44H56N4O2+2. The van der Waals surface area contributed by atoms with Gasteiger partial charge in [0.05, 0.1) is 13.1 Å². The van der Waals surface area contributed by atoms with Crippen molar-refractivity contribution in [1.82, 2.24) is 9.13 Å². The van der Waals surface area contributed by atoms with Gasteiger partial charge in [0.15, 0.2) is 0 Å². The van der Waals surface area contributed by atoms with E-state index in [0.717, 1.165) is 47.7 Å². The van der Waals surface area contributed by atoms with Gasteiger partial charge in [-0.1, -0.05) is 102 Å². The monoisotopic (exact) mass is 672 g/mol. The van der Waals surface area contributed by atoms with E-state index >= 15 is 0 Å². The standard InChI is InChI=1S/C44H54N4O2/c1-3-5-7-9-11-13-23-45-25-27-47(33-45)31-35-15-19-39-37(29-35)17-21-41(49)43(39)44-40-20-16-36(30-38(40)18-22-42(44)50)32-48-28-26-46(34-48)24-14-12-10-8-6-4-2/h15-22,25-30,33-34H,3-14,23-24,31-32H2,1-2H3/p+2. The highest BCUT2D eigenvalue weighted by molar-refractivity contribution is 6.09. The molecule has 2 aromatic heterocycles. The van der Waals surface area contributed by atoms with Crippen molar-refractivity contribution < 1.29 is 19.3 Å². The molecule has 50 heavy (non-hydrogen) atoms. The molecule has 0 aliphatic carbocycles. The first-order chi connectivity index (χ1) is 24.5. The van der Waals surface area contributed by atoms with Crippen molar-refractivity contribution in [2.75, 3.05) is 0 Å². The Morgan fingerprint density at radius 2 is 0.920 bits per heavy atom. The largest absolute Gasteiger partial charge is 0.507 e. The molecule has 0 saturated heterocycles. The van der Waals surface area contributed by atoms with E-state index in [-0.39, 0.29) is 11.5 Å². The number of fused-ring (bicyclic) bond motifs is 2. The number of phenolic OH excluding ortho intramolecular Hbond substituents is 2. The van der Waals surface area contributed by atoms with Crippen LogP contribution in [0.5, 0.6) is 11.5 Å². The summed E-state index contributed by atoms with van der Waals surface area (Å²) in [4.78, 5) is 0. The number of hydrogen-bond acceptors (Lipinski definition) is 2. The van der Waals surface area contributed by atoms with Gasteiger partial charge in [-0.2, -0.15) is 0 Å². The third-order valence-corrected chi connectivity index (χ3v) is 10.1. The maximum Gasteiger partial charge on any atom is 0.244 e. The molecule has 0 aliphatic heterocycles. The molecule has 6 aromatic rings. The van der Waals surface area contributed by atoms with Crippen molar-refractivity contribution >= 4 is 21.5 Å². The third-order valence-electron chi connectivity index (χ3n) is 10.1. The summed E-state index contributed by atoms with van der Waals surface area (Å²) in [7, 11) is 0. The first-order valence-electron chi connectivity index (χ1n) is 19.1. The van der Waals surface area contributed by atoms with Gasteiger partial charge in [0.1, 0.15) is 49.4 Å². The van der Waals surface area contributed by atoms with Crippen molar-refractivity contribution in [2.45, 2.75) is 117 Å². The van der Waals surface area contributed by atoms with Gasteiger partial charge < -0.3 is 10.2 Å². The summed E-state index contributed by atoms with van der Waals surface area (Å²) in [6.07, 6.45) is 28.7. The van der Waals surface area contributed by atoms with E-state index in [0.29, 0.717) is 11.1 Å². The average molecular weight is 673 g/mol. The van der Waals surface area contributed by atoms with E-state index in [9.17, 15) is 10.2 Å². The smallest absolute Gasteiger partial charge is 0.244 e. The fourth-order valence-electron chi connectivity index (χ4n) is 7.36. The van der Waals surface area contributed by atoms with Crippen LogP contribution in [0.3, 0.4) is 0 Å². The Balaban J connectivity index is 1.16. The van der Waals surface area contributed by atoms with Crippen LogP contribution in [0.2, 0.25) is 0 Å². The van der Waals surface area contributed by atoms with E-state index in [1.165, 1.54) is 88.2 Å². The second kappa shape index (κ2) is 17.4. The van der Waals surface area contributed by atoms with Crippen molar-refractivity contribution in [3.05, 3.63) is 109 Å². The van der Waals surface area contributed by atoms with Crippen LogP contribution in [0.1, 0.15) is 102 Å². The van der Waals surface area contributed by atoms with Gasteiger partial charge in [0, 0.05) is 11.1 Å². The number of benzene rings is 4. The average Bonchev–Trinajstić information content (AvgIpc) is 3.77. The molecular weight excluding hydrogens is 617 g/mol. The highest BCUT2D eigenvalue weighted by Gasteiger charge is 2.18. The fourth-order valence-corrected chi connectivity index (χ4v) is 7.36. The number of aromatic nitrogens is 4. The summed E-state index contributed by atoms with van der Waals surface area (Å²) in [6.45, 7) is 8.19. The van der Waals surface area contributed by atoms with E-state index < -0.39 is 0 Å². The Bertz CT molecular complexity index is 1840. The minimum Gasteiger partial charge on any atom is -0.507 e. The van der Waals surface area contributed by atoms with Crippen LogP contribution >= 0.6 is 0 Å². The van der Waals surface area contributed by atoms with Crippen LogP contribution in [-0.4, -0.2) is 19.3 Å². The molecule has 6 rings (SSSR count). The summed E-state index contributed by atoms with van der Waals surface area (Å²) >= 11 is 0. The lowest BCUT2D eigenvalue weighted by molar-refractivity contribution is -0.688. The number of hydrogen-bond donors (Lipinski definition) is 2. The lowest BCUT2D eigenvalue weighted by Gasteiger charge is -2.15. The van der Waals surface area contributed by atoms with E-state index in [1.807, 2.05) is 12.1 Å². The summed E-state index contributed by atoms with van der Waals surface area (Å²) in [5, 5.41) is 26.4. The predicted octanol–water partition coefficient (Wildman–Crippen LogP) is 10.1. The van der Waals surface area contributed by atoms with Gasteiger partial charge in [0.25, 0.3) is 0 Å². The van der Waals surface area contributed by atoms with Gasteiger partial charge in [-0.3, -0.25) is 0 Å². The van der Waals surface area contributed by atoms with Crippen LogP contribution in [0, 0.1) is 0 Å². The van der Waals surface area contributed by atoms with Crippen molar-refractivity contribution in [3.8, 4) is 22.6 Å².